The zero-order valence-corrected chi connectivity index (χ0v) is 17.7. The van der Waals surface area contributed by atoms with Gasteiger partial charge in [-0.2, -0.15) is 0 Å². The number of urea groups is 1. The van der Waals surface area contributed by atoms with Crippen LogP contribution in [0.3, 0.4) is 0 Å². The Morgan fingerprint density at radius 3 is 2.48 bits per heavy atom. The molecule has 0 unspecified atom stereocenters. The third kappa shape index (κ3) is 4.19. The van der Waals surface area contributed by atoms with Gasteiger partial charge in [-0.15, -0.1) is 0 Å². The summed E-state index contributed by atoms with van der Waals surface area (Å²) in [5.41, 5.74) is -0.194. The molecule has 0 saturated carbocycles. The van der Waals surface area contributed by atoms with Crippen molar-refractivity contribution in [2.45, 2.75) is 0 Å². The maximum Gasteiger partial charge on any atom is 0.335 e. The van der Waals surface area contributed by atoms with Gasteiger partial charge in [0.15, 0.2) is 0 Å². The Balaban J connectivity index is 1.69. The van der Waals surface area contributed by atoms with E-state index in [9.17, 15) is 24.5 Å². The van der Waals surface area contributed by atoms with Crippen molar-refractivity contribution < 1.29 is 28.5 Å². The van der Waals surface area contributed by atoms with E-state index >= 15 is 0 Å². The quantitative estimate of drug-likeness (QED) is 0.257. The number of nitrogens with one attached hydrogen (secondary N) is 1. The lowest BCUT2D eigenvalue weighted by Gasteiger charge is -2.26. The molecule has 4 rings (SSSR count). The van der Waals surface area contributed by atoms with Gasteiger partial charge in [-0.3, -0.25) is 25.0 Å². The van der Waals surface area contributed by atoms with Crippen LogP contribution in [0.1, 0.15) is 5.76 Å². The number of rotatable bonds is 5. The second kappa shape index (κ2) is 8.60. The number of imide groups is 2. The minimum atomic E-state index is -0.904. The van der Waals surface area contributed by atoms with E-state index in [1.165, 1.54) is 61.7 Å². The average molecular weight is 468 g/mol. The summed E-state index contributed by atoms with van der Waals surface area (Å²) >= 11 is 5.85. The van der Waals surface area contributed by atoms with Crippen LogP contribution >= 0.6 is 11.6 Å². The van der Waals surface area contributed by atoms with Gasteiger partial charge in [-0.1, -0.05) is 11.6 Å². The van der Waals surface area contributed by atoms with E-state index in [0.717, 1.165) is 11.0 Å². The molecule has 33 heavy (non-hydrogen) atoms. The van der Waals surface area contributed by atoms with Crippen LogP contribution in [-0.2, 0) is 9.59 Å². The summed E-state index contributed by atoms with van der Waals surface area (Å²) in [6.07, 6.45) is 1.16. The third-order valence-corrected chi connectivity index (χ3v) is 5.02. The van der Waals surface area contributed by atoms with E-state index in [2.05, 4.69) is 5.32 Å². The molecule has 0 bridgehead atoms. The zero-order valence-electron chi connectivity index (χ0n) is 16.9. The molecule has 0 spiro atoms. The molecule has 1 aliphatic rings. The first kappa shape index (κ1) is 21.8. The van der Waals surface area contributed by atoms with Crippen LogP contribution in [0.4, 0.5) is 16.2 Å². The van der Waals surface area contributed by atoms with E-state index in [-0.39, 0.29) is 34.0 Å². The van der Waals surface area contributed by atoms with Crippen molar-refractivity contribution in [3.05, 3.63) is 81.1 Å². The highest BCUT2D eigenvalue weighted by atomic mass is 35.5. The fraction of sp³-hybridized carbons (Fsp3) is 0.0455. The van der Waals surface area contributed by atoms with Crippen molar-refractivity contribution in [1.29, 1.82) is 0 Å². The normalized spacial score (nSPS) is 15.0. The minimum Gasteiger partial charge on any atom is -0.497 e. The van der Waals surface area contributed by atoms with Crippen LogP contribution in [0.15, 0.2) is 64.6 Å². The van der Waals surface area contributed by atoms with E-state index in [4.69, 9.17) is 20.8 Å². The van der Waals surface area contributed by atoms with Crippen LogP contribution in [0.2, 0.25) is 5.02 Å². The number of furan rings is 1. The average Bonchev–Trinajstić information content (AvgIpc) is 3.26. The Kier molecular flexibility index (Phi) is 5.67. The maximum atomic E-state index is 12.9. The summed E-state index contributed by atoms with van der Waals surface area (Å²) in [6, 6.07) is 12.2. The molecule has 1 aliphatic heterocycles. The topological polar surface area (TPSA) is 132 Å². The second-order valence-electron chi connectivity index (χ2n) is 6.78. The molecule has 1 saturated heterocycles. The predicted octanol–water partition coefficient (Wildman–Crippen LogP) is 4.18. The number of halogens is 1. The number of amides is 4. The van der Waals surface area contributed by atoms with Gasteiger partial charge in [-0.05, 0) is 54.6 Å². The Bertz CT molecular complexity index is 1330. The molecule has 0 radical (unpaired) electrons. The molecule has 10 nitrogen and oxygen atoms in total. The Labute approximate surface area is 191 Å². The van der Waals surface area contributed by atoms with Crippen LogP contribution < -0.4 is 15.0 Å². The largest absolute Gasteiger partial charge is 0.497 e. The predicted molar refractivity (Wildman–Crippen MR) is 118 cm³/mol. The molecule has 1 aromatic heterocycles. The van der Waals surface area contributed by atoms with Crippen molar-refractivity contribution in [1.82, 2.24) is 5.32 Å². The van der Waals surface area contributed by atoms with Gasteiger partial charge in [-0.25, -0.2) is 9.69 Å². The molecular formula is C22H14ClN3O7. The fourth-order valence-electron chi connectivity index (χ4n) is 3.20. The molecule has 11 heteroatoms. The van der Waals surface area contributed by atoms with Crippen LogP contribution in [0.25, 0.3) is 17.4 Å². The van der Waals surface area contributed by atoms with E-state index in [1.54, 1.807) is 0 Å². The highest BCUT2D eigenvalue weighted by molar-refractivity contribution is 6.39. The lowest BCUT2D eigenvalue weighted by Crippen LogP contribution is -2.54. The molecule has 1 fully saturated rings. The number of nitro groups is 1. The number of anilines is 1. The monoisotopic (exact) mass is 467 g/mol. The standard InChI is InChI=1S/C22H14ClN3O7/c1-32-14-6-8-16(18(11-14)26(30)31)19-9-7-15(33-19)10-17-20(27)24-22(29)25(21(17)28)13-4-2-12(23)3-5-13/h2-11H,1H3,(H,24,27,29). The Morgan fingerprint density at radius 2 is 1.82 bits per heavy atom. The second-order valence-corrected chi connectivity index (χ2v) is 7.21. The fourth-order valence-corrected chi connectivity index (χ4v) is 3.32. The lowest BCUT2D eigenvalue weighted by molar-refractivity contribution is -0.384. The van der Waals surface area contributed by atoms with E-state index in [0.29, 0.717) is 10.8 Å². The van der Waals surface area contributed by atoms with Crippen molar-refractivity contribution in [3.63, 3.8) is 0 Å². The van der Waals surface area contributed by atoms with Gasteiger partial charge < -0.3 is 9.15 Å². The number of barbiturate groups is 1. The molecular weight excluding hydrogens is 454 g/mol. The Hall–Kier alpha value is -4.44. The number of methoxy groups -OCH3 is 1. The summed E-state index contributed by atoms with van der Waals surface area (Å²) in [5, 5.41) is 14.0. The van der Waals surface area contributed by atoms with E-state index in [1.807, 2.05) is 0 Å². The smallest absolute Gasteiger partial charge is 0.335 e. The minimum absolute atomic E-state index is 0.0824. The molecule has 1 N–H and O–H groups in total. The summed E-state index contributed by atoms with van der Waals surface area (Å²) in [7, 11) is 1.39. The first-order valence-electron chi connectivity index (χ1n) is 9.38. The van der Waals surface area contributed by atoms with Crippen molar-refractivity contribution in [2.75, 3.05) is 12.0 Å². The van der Waals surface area contributed by atoms with Gasteiger partial charge in [0, 0.05) is 5.02 Å². The number of nitrogens with zero attached hydrogens (tertiary/aromatic N) is 2. The molecule has 3 aromatic rings. The van der Waals surface area contributed by atoms with Crippen LogP contribution in [0.5, 0.6) is 5.75 Å². The van der Waals surface area contributed by atoms with Crippen LogP contribution in [-0.4, -0.2) is 29.9 Å². The van der Waals surface area contributed by atoms with E-state index < -0.39 is 22.8 Å². The molecule has 4 amide bonds. The van der Waals surface area contributed by atoms with Crippen molar-refractivity contribution in [3.8, 4) is 17.1 Å². The highest BCUT2D eigenvalue weighted by Gasteiger charge is 2.37. The molecule has 0 aliphatic carbocycles. The number of hydrogen-bond acceptors (Lipinski definition) is 7. The number of carbonyl (C=O) groups is 3. The van der Waals surface area contributed by atoms with Gasteiger partial charge in [0.05, 0.1) is 29.4 Å². The van der Waals surface area contributed by atoms with Gasteiger partial charge in [0.2, 0.25) is 0 Å². The maximum absolute atomic E-state index is 12.9. The number of hydrogen-bond donors (Lipinski definition) is 1. The van der Waals surface area contributed by atoms with Gasteiger partial charge >= 0.3 is 6.03 Å². The van der Waals surface area contributed by atoms with Crippen LogP contribution in [0, 0.1) is 10.1 Å². The summed E-state index contributed by atoms with van der Waals surface area (Å²) in [5.74, 6) is -1.23. The molecule has 2 aromatic carbocycles. The lowest BCUT2D eigenvalue weighted by atomic mass is 10.1. The zero-order chi connectivity index (χ0) is 23.7. The SMILES string of the molecule is COc1ccc(-c2ccc(C=C3C(=O)NC(=O)N(c4ccc(Cl)cc4)C3=O)o2)c([N+](=O)[O-])c1. The van der Waals surface area contributed by atoms with Gasteiger partial charge in [0.25, 0.3) is 17.5 Å². The summed E-state index contributed by atoms with van der Waals surface area (Å²) in [6.45, 7) is 0. The molecule has 2 heterocycles. The number of nitro benzene ring substituents is 1. The first-order chi connectivity index (χ1) is 15.8. The van der Waals surface area contributed by atoms with Crippen molar-refractivity contribution >= 4 is 46.9 Å². The highest BCUT2D eigenvalue weighted by Crippen LogP contribution is 2.34. The first-order valence-corrected chi connectivity index (χ1v) is 9.76. The number of ether oxygens (including phenoxy) is 1. The third-order valence-electron chi connectivity index (χ3n) is 4.77. The summed E-state index contributed by atoms with van der Waals surface area (Å²) in [4.78, 5) is 49.2. The number of benzene rings is 2. The number of carbonyl (C=O) groups excluding carboxylic acids is 3. The molecule has 166 valence electrons. The Morgan fingerprint density at radius 1 is 1.09 bits per heavy atom. The van der Waals surface area contributed by atoms with Gasteiger partial charge in [0.1, 0.15) is 22.8 Å². The summed E-state index contributed by atoms with van der Waals surface area (Å²) < 4.78 is 10.7. The van der Waals surface area contributed by atoms with Crippen molar-refractivity contribution in [2.24, 2.45) is 0 Å². The molecule has 0 atom stereocenters.